The van der Waals surface area contributed by atoms with Crippen LogP contribution in [-0.2, 0) is 0 Å². The van der Waals surface area contributed by atoms with Crippen LogP contribution in [-0.4, -0.2) is 0 Å². The van der Waals surface area contributed by atoms with Crippen LogP contribution in [0.25, 0.3) is 86.3 Å². The predicted molar refractivity (Wildman–Crippen MR) is 235 cm³/mol. The maximum absolute atomic E-state index is 6.88. The van der Waals surface area contributed by atoms with Crippen LogP contribution >= 0.6 is 11.3 Å². The van der Waals surface area contributed by atoms with Crippen LogP contribution in [0.2, 0.25) is 0 Å². The smallest absolute Gasteiger partial charge is 0.143 e. The molecule has 3 heteroatoms. The lowest BCUT2D eigenvalue weighted by Gasteiger charge is -2.26. The molecule has 11 rings (SSSR count). The van der Waals surface area contributed by atoms with E-state index in [0.717, 1.165) is 50.0 Å². The molecule has 0 aliphatic heterocycles. The fourth-order valence-corrected chi connectivity index (χ4v) is 9.46. The molecule has 9 aromatic carbocycles. The Balaban J connectivity index is 1.12. The molecule has 0 aliphatic rings. The fourth-order valence-electron chi connectivity index (χ4n) is 8.25. The van der Waals surface area contributed by atoms with E-state index in [0.29, 0.717) is 0 Å². The number of rotatable bonds is 6. The van der Waals surface area contributed by atoms with E-state index in [1.807, 2.05) is 11.3 Å². The summed E-state index contributed by atoms with van der Waals surface area (Å²) in [7, 11) is 0. The number of nitrogens with zero attached hydrogens (tertiary/aromatic N) is 1. The van der Waals surface area contributed by atoms with Crippen molar-refractivity contribution >= 4 is 81.3 Å². The number of anilines is 3. The first kappa shape index (κ1) is 31.6. The van der Waals surface area contributed by atoms with Crippen molar-refractivity contribution < 1.29 is 4.42 Å². The Kier molecular flexibility index (Phi) is 7.39. The molecule has 0 saturated carbocycles. The molecule has 55 heavy (non-hydrogen) atoms. The molecule has 0 atom stereocenters. The van der Waals surface area contributed by atoms with Gasteiger partial charge in [-0.05, 0) is 87.3 Å². The van der Waals surface area contributed by atoms with Crippen molar-refractivity contribution in [3.8, 4) is 33.4 Å². The van der Waals surface area contributed by atoms with Gasteiger partial charge in [-0.3, -0.25) is 0 Å². The summed E-state index contributed by atoms with van der Waals surface area (Å²) >= 11 is 1.85. The second kappa shape index (κ2) is 12.9. The Morgan fingerprint density at radius 1 is 0.364 bits per heavy atom. The van der Waals surface area contributed by atoms with Gasteiger partial charge in [0.2, 0.25) is 0 Å². The zero-order valence-corrected chi connectivity index (χ0v) is 30.6. The van der Waals surface area contributed by atoms with E-state index in [1.54, 1.807) is 0 Å². The van der Waals surface area contributed by atoms with Crippen LogP contribution < -0.4 is 4.90 Å². The third kappa shape index (κ3) is 5.32. The molecule has 0 aliphatic carbocycles. The topological polar surface area (TPSA) is 16.4 Å². The molecule has 0 unspecified atom stereocenters. The molecular formula is C52H33NOS. The van der Waals surface area contributed by atoms with Crippen LogP contribution in [0, 0.1) is 0 Å². The normalized spacial score (nSPS) is 11.6. The summed E-state index contributed by atoms with van der Waals surface area (Å²) in [4.78, 5) is 2.41. The number of hydrogen-bond acceptors (Lipinski definition) is 3. The van der Waals surface area contributed by atoms with E-state index in [9.17, 15) is 0 Å². The zero-order chi connectivity index (χ0) is 36.3. The highest BCUT2D eigenvalue weighted by Gasteiger charge is 2.21. The van der Waals surface area contributed by atoms with Crippen LogP contribution in [0.3, 0.4) is 0 Å². The van der Waals surface area contributed by atoms with Crippen molar-refractivity contribution in [2.75, 3.05) is 4.90 Å². The van der Waals surface area contributed by atoms with Crippen molar-refractivity contribution in [3.63, 3.8) is 0 Å². The van der Waals surface area contributed by atoms with Gasteiger partial charge in [0.05, 0.1) is 10.4 Å². The van der Waals surface area contributed by atoms with Crippen molar-refractivity contribution in [3.05, 3.63) is 200 Å². The molecular weight excluding hydrogens is 687 g/mol. The molecule has 11 aromatic rings. The molecule has 2 nitrogen and oxygen atoms in total. The Morgan fingerprint density at radius 3 is 1.78 bits per heavy atom. The summed E-state index contributed by atoms with van der Waals surface area (Å²) in [6, 6.07) is 72.0. The Hall–Kier alpha value is -6.94. The molecule has 0 spiro atoms. The highest BCUT2D eigenvalue weighted by Crippen LogP contribution is 2.47. The van der Waals surface area contributed by atoms with Gasteiger partial charge >= 0.3 is 0 Å². The van der Waals surface area contributed by atoms with Crippen LogP contribution in [0.5, 0.6) is 0 Å². The number of thiophene rings is 1. The number of fused-ring (bicyclic) bond motifs is 8. The summed E-state index contributed by atoms with van der Waals surface area (Å²) in [5, 5.41) is 7.08. The van der Waals surface area contributed by atoms with Gasteiger partial charge in [-0.15, -0.1) is 11.3 Å². The highest BCUT2D eigenvalue weighted by molar-refractivity contribution is 7.26. The minimum absolute atomic E-state index is 0.864. The molecule has 0 fully saturated rings. The first-order valence-electron chi connectivity index (χ1n) is 18.7. The fraction of sp³-hybridized carbons (Fsp3) is 0. The molecule has 0 radical (unpaired) electrons. The minimum Gasteiger partial charge on any atom is -0.455 e. The largest absolute Gasteiger partial charge is 0.455 e. The minimum atomic E-state index is 0.864. The summed E-state index contributed by atoms with van der Waals surface area (Å²) < 4.78 is 9.41. The lowest BCUT2D eigenvalue weighted by molar-refractivity contribution is 0.673. The van der Waals surface area contributed by atoms with E-state index in [1.165, 1.54) is 53.4 Å². The summed E-state index contributed by atoms with van der Waals surface area (Å²) in [5.41, 5.74) is 12.2. The van der Waals surface area contributed by atoms with E-state index >= 15 is 0 Å². The van der Waals surface area contributed by atoms with Gasteiger partial charge < -0.3 is 9.32 Å². The summed E-state index contributed by atoms with van der Waals surface area (Å²) in [5.74, 6) is 0. The van der Waals surface area contributed by atoms with E-state index in [4.69, 9.17) is 4.42 Å². The average molecular weight is 720 g/mol. The van der Waals surface area contributed by atoms with Crippen LogP contribution in [0.1, 0.15) is 0 Å². The lowest BCUT2D eigenvalue weighted by Crippen LogP contribution is -2.10. The molecule has 0 amide bonds. The number of hydrogen-bond donors (Lipinski definition) is 0. The summed E-state index contributed by atoms with van der Waals surface area (Å²) in [6.45, 7) is 0. The first-order valence-corrected chi connectivity index (χ1v) is 19.5. The number of benzene rings is 9. The van der Waals surface area contributed by atoms with Gasteiger partial charge in [0.1, 0.15) is 11.2 Å². The SMILES string of the molecule is c1ccc(-c2cccc(-c3cccc(N(c4ccc5c(c4)oc4c6ccccc6c(-c6ccccc6)cc54)c4cccc5c4sc4ccccc45)c3)c2)cc1. The molecule has 2 heterocycles. The van der Waals surface area contributed by atoms with Crippen molar-refractivity contribution in [2.45, 2.75) is 0 Å². The molecule has 258 valence electrons. The zero-order valence-electron chi connectivity index (χ0n) is 29.8. The van der Waals surface area contributed by atoms with Crippen molar-refractivity contribution in [2.24, 2.45) is 0 Å². The lowest BCUT2D eigenvalue weighted by atomic mass is 9.95. The second-order valence-corrected chi connectivity index (χ2v) is 15.1. The van der Waals surface area contributed by atoms with Crippen LogP contribution in [0.15, 0.2) is 205 Å². The Morgan fingerprint density at radius 2 is 0.964 bits per heavy atom. The second-order valence-electron chi connectivity index (χ2n) is 14.1. The highest BCUT2D eigenvalue weighted by atomic mass is 32.1. The monoisotopic (exact) mass is 719 g/mol. The van der Waals surface area contributed by atoms with Gasteiger partial charge in [-0.1, -0.05) is 146 Å². The maximum atomic E-state index is 6.88. The van der Waals surface area contributed by atoms with E-state index in [-0.39, 0.29) is 0 Å². The average Bonchev–Trinajstić information content (AvgIpc) is 3.83. The van der Waals surface area contributed by atoms with Crippen molar-refractivity contribution in [1.29, 1.82) is 0 Å². The van der Waals surface area contributed by atoms with E-state index in [2.05, 4.69) is 205 Å². The van der Waals surface area contributed by atoms with Gasteiger partial charge in [-0.25, -0.2) is 0 Å². The standard InChI is InChI=1S/C52H33NOS/c1-3-14-34(15-4-1)36-18-11-19-37(30-36)38-20-12-21-39(31-38)53(48-26-13-25-45-43-23-9-10-27-50(43)55-52(45)48)40-28-29-42-47-33-46(35-16-5-2-6-17-35)41-22-7-8-24-44(41)51(47)54-49(42)32-40/h1-33H. The van der Waals surface area contributed by atoms with Gasteiger partial charge in [0.15, 0.2) is 0 Å². The molecule has 2 aromatic heterocycles. The van der Waals surface area contributed by atoms with Crippen LogP contribution in [0.4, 0.5) is 17.1 Å². The van der Waals surface area contributed by atoms with Crippen molar-refractivity contribution in [1.82, 2.24) is 0 Å². The Labute approximate surface area is 322 Å². The third-order valence-corrected chi connectivity index (χ3v) is 12.0. The third-order valence-electron chi connectivity index (χ3n) is 10.8. The van der Waals surface area contributed by atoms with Gasteiger partial charge in [0, 0.05) is 49.1 Å². The first-order chi connectivity index (χ1) is 27.3. The van der Waals surface area contributed by atoms with E-state index < -0.39 is 0 Å². The number of furan rings is 1. The quantitative estimate of drug-likeness (QED) is 0.170. The molecule has 0 saturated heterocycles. The van der Waals surface area contributed by atoms with Gasteiger partial charge in [-0.2, -0.15) is 0 Å². The summed E-state index contributed by atoms with van der Waals surface area (Å²) in [6.07, 6.45) is 0. The molecule has 0 N–H and O–H groups in total. The van der Waals surface area contributed by atoms with Gasteiger partial charge in [0.25, 0.3) is 0 Å². The predicted octanol–water partition coefficient (Wildman–Crippen LogP) is 15.6. The Bertz CT molecular complexity index is 3210. The maximum Gasteiger partial charge on any atom is 0.143 e. The molecule has 0 bridgehead atoms.